The minimum absolute atomic E-state index is 0.624. The van der Waals surface area contributed by atoms with Gasteiger partial charge in [0.25, 0.3) is 0 Å². The Morgan fingerprint density at radius 2 is 0.875 bits per heavy atom. The average molecular weight is 615 g/mol. The molecule has 10 aromatic rings. The quantitative estimate of drug-likeness (QED) is 0.198. The number of fused-ring (bicyclic) bond motifs is 7. The number of oxazole rings is 1. The fraction of sp³-hybridized carbons (Fsp3) is 0. The van der Waals surface area contributed by atoms with Gasteiger partial charge in [0.05, 0.1) is 16.6 Å². The lowest BCUT2D eigenvalue weighted by Gasteiger charge is -2.10. The Morgan fingerprint density at radius 1 is 0.396 bits per heavy atom. The Bertz CT molecular complexity index is 2750. The van der Waals surface area contributed by atoms with Crippen molar-refractivity contribution < 1.29 is 4.42 Å². The first-order valence-electron chi connectivity index (χ1n) is 16.0. The van der Waals surface area contributed by atoms with Gasteiger partial charge in [-0.25, -0.2) is 15.0 Å². The molecule has 0 amide bonds. The van der Waals surface area contributed by atoms with E-state index in [9.17, 15) is 0 Å². The first kappa shape index (κ1) is 26.6. The first-order valence-corrected chi connectivity index (χ1v) is 16.0. The van der Waals surface area contributed by atoms with Crippen LogP contribution in [0.2, 0.25) is 0 Å². The third-order valence-corrected chi connectivity index (χ3v) is 9.23. The summed E-state index contributed by atoms with van der Waals surface area (Å²) in [4.78, 5) is 15.1. The number of nitrogens with zero attached hydrogens (tertiary/aromatic N) is 4. The van der Waals surface area contributed by atoms with E-state index in [2.05, 4.69) is 144 Å². The van der Waals surface area contributed by atoms with E-state index >= 15 is 0 Å². The molecule has 0 bridgehead atoms. The Labute approximate surface area is 275 Å². The molecule has 10 rings (SSSR count). The van der Waals surface area contributed by atoms with E-state index in [-0.39, 0.29) is 0 Å². The normalized spacial score (nSPS) is 11.8. The molecule has 224 valence electrons. The SMILES string of the molecule is c1ccc2cc(-c3nc(-c4ccc(-c5c6ccccc6n6c5oc5ccccc56)cc4)nc(-c4ccc5ccccc5c4)n3)ccc2c1. The third kappa shape index (κ3) is 4.22. The maximum atomic E-state index is 6.46. The molecule has 0 saturated heterocycles. The minimum atomic E-state index is 0.624. The average Bonchev–Trinajstić information content (AvgIpc) is 3.69. The monoisotopic (exact) mass is 614 g/mol. The Balaban J connectivity index is 1.13. The van der Waals surface area contributed by atoms with Crippen LogP contribution in [0.15, 0.2) is 162 Å². The smallest absolute Gasteiger partial charge is 0.213 e. The highest BCUT2D eigenvalue weighted by molar-refractivity contribution is 6.07. The van der Waals surface area contributed by atoms with Crippen molar-refractivity contribution in [1.82, 2.24) is 19.4 Å². The van der Waals surface area contributed by atoms with E-state index < -0.39 is 0 Å². The molecule has 3 heterocycles. The molecule has 0 radical (unpaired) electrons. The van der Waals surface area contributed by atoms with Crippen molar-refractivity contribution in [3.05, 3.63) is 158 Å². The summed E-state index contributed by atoms with van der Waals surface area (Å²) in [5.41, 5.74) is 8.81. The van der Waals surface area contributed by atoms with Crippen LogP contribution in [0.25, 0.3) is 94.6 Å². The van der Waals surface area contributed by atoms with Gasteiger partial charge in [0.15, 0.2) is 23.1 Å². The van der Waals surface area contributed by atoms with Gasteiger partial charge in [-0.05, 0) is 57.4 Å². The molecule has 0 aliphatic heterocycles. The lowest BCUT2D eigenvalue weighted by molar-refractivity contribution is 0.658. The Morgan fingerprint density at radius 3 is 1.52 bits per heavy atom. The second kappa shape index (κ2) is 10.5. The van der Waals surface area contributed by atoms with Crippen LogP contribution in [0.5, 0.6) is 0 Å². The van der Waals surface area contributed by atoms with Crippen LogP contribution < -0.4 is 0 Å². The van der Waals surface area contributed by atoms with Crippen LogP contribution in [0.3, 0.4) is 0 Å². The lowest BCUT2D eigenvalue weighted by Crippen LogP contribution is -2.00. The Kier molecular flexibility index (Phi) is 5.81. The van der Waals surface area contributed by atoms with Gasteiger partial charge in [-0.1, -0.05) is 127 Å². The molecule has 0 saturated carbocycles. The molecule has 0 fully saturated rings. The fourth-order valence-electron chi connectivity index (χ4n) is 6.87. The molecule has 3 aromatic heterocycles. The molecule has 5 heteroatoms. The number of benzene rings is 7. The van der Waals surface area contributed by atoms with Crippen LogP contribution in [-0.2, 0) is 0 Å². The molecule has 0 atom stereocenters. The van der Waals surface area contributed by atoms with Crippen LogP contribution in [0.4, 0.5) is 0 Å². The molecule has 0 spiro atoms. The van der Waals surface area contributed by atoms with Crippen molar-refractivity contribution in [2.24, 2.45) is 0 Å². The molecule has 48 heavy (non-hydrogen) atoms. The van der Waals surface area contributed by atoms with Crippen LogP contribution in [-0.4, -0.2) is 19.4 Å². The molecular formula is C43H26N4O. The molecule has 5 nitrogen and oxygen atoms in total. The van der Waals surface area contributed by atoms with Gasteiger partial charge in [0.1, 0.15) is 0 Å². The van der Waals surface area contributed by atoms with E-state index in [4.69, 9.17) is 19.4 Å². The van der Waals surface area contributed by atoms with Gasteiger partial charge in [0, 0.05) is 22.1 Å². The highest BCUT2D eigenvalue weighted by Crippen LogP contribution is 2.39. The van der Waals surface area contributed by atoms with E-state index in [1.807, 2.05) is 18.2 Å². The predicted octanol–water partition coefficient (Wildman–Crippen LogP) is 11.0. The number of hydrogen-bond acceptors (Lipinski definition) is 4. The van der Waals surface area contributed by atoms with Crippen molar-refractivity contribution in [3.63, 3.8) is 0 Å². The zero-order valence-electron chi connectivity index (χ0n) is 25.7. The number of rotatable bonds is 4. The second-order valence-electron chi connectivity index (χ2n) is 12.1. The summed E-state index contributed by atoms with van der Waals surface area (Å²) in [6.45, 7) is 0. The lowest BCUT2D eigenvalue weighted by atomic mass is 10.0. The summed E-state index contributed by atoms with van der Waals surface area (Å²) >= 11 is 0. The van der Waals surface area contributed by atoms with Gasteiger partial charge >= 0.3 is 0 Å². The van der Waals surface area contributed by atoms with Gasteiger partial charge in [-0.3, -0.25) is 4.40 Å². The summed E-state index contributed by atoms with van der Waals surface area (Å²) in [6.07, 6.45) is 0. The van der Waals surface area contributed by atoms with Crippen molar-refractivity contribution in [2.75, 3.05) is 0 Å². The summed E-state index contributed by atoms with van der Waals surface area (Å²) < 4.78 is 8.67. The molecular weight excluding hydrogens is 589 g/mol. The van der Waals surface area contributed by atoms with Gasteiger partial charge < -0.3 is 4.42 Å². The maximum Gasteiger partial charge on any atom is 0.213 e. The fourth-order valence-corrected chi connectivity index (χ4v) is 6.87. The minimum Gasteiger partial charge on any atom is -0.438 e. The van der Waals surface area contributed by atoms with E-state index in [0.717, 1.165) is 66.3 Å². The summed E-state index contributed by atoms with van der Waals surface area (Å²) in [7, 11) is 0. The maximum absolute atomic E-state index is 6.46. The zero-order chi connectivity index (χ0) is 31.6. The van der Waals surface area contributed by atoms with Gasteiger partial charge in [-0.15, -0.1) is 0 Å². The van der Waals surface area contributed by atoms with Crippen molar-refractivity contribution in [3.8, 4) is 45.3 Å². The van der Waals surface area contributed by atoms with Crippen LogP contribution in [0.1, 0.15) is 0 Å². The number of hydrogen-bond donors (Lipinski definition) is 0. The molecule has 7 aromatic carbocycles. The van der Waals surface area contributed by atoms with Crippen LogP contribution in [0, 0.1) is 0 Å². The highest BCUT2D eigenvalue weighted by Gasteiger charge is 2.20. The van der Waals surface area contributed by atoms with Gasteiger partial charge in [0.2, 0.25) is 5.71 Å². The second-order valence-corrected chi connectivity index (χ2v) is 12.1. The predicted molar refractivity (Wildman–Crippen MR) is 195 cm³/mol. The van der Waals surface area contributed by atoms with Crippen LogP contribution >= 0.6 is 0 Å². The molecule has 0 aliphatic rings. The van der Waals surface area contributed by atoms with E-state index in [1.54, 1.807) is 0 Å². The van der Waals surface area contributed by atoms with E-state index in [0.29, 0.717) is 17.5 Å². The standard InChI is InChI=1S/C43H26N4O/c1-3-11-31-25-33(23-17-27(31)9-1)41-44-40(45-42(46-41)34-24-18-28-10-2-4-12-32(28)26-34)30-21-19-29(20-22-30)39-35-13-5-6-14-36(35)47-37-15-7-8-16-38(37)48-43(39)47/h1-26H. The molecule has 0 N–H and O–H groups in total. The molecule has 0 unspecified atom stereocenters. The topological polar surface area (TPSA) is 56.2 Å². The number of aromatic nitrogens is 4. The summed E-state index contributed by atoms with van der Waals surface area (Å²) in [6, 6.07) is 54.5. The van der Waals surface area contributed by atoms with Crippen molar-refractivity contribution in [2.45, 2.75) is 0 Å². The third-order valence-electron chi connectivity index (χ3n) is 9.23. The molecule has 0 aliphatic carbocycles. The summed E-state index contributed by atoms with van der Waals surface area (Å²) in [5.74, 6) is 1.90. The largest absolute Gasteiger partial charge is 0.438 e. The van der Waals surface area contributed by atoms with Gasteiger partial charge in [-0.2, -0.15) is 0 Å². The Hall–Kier alpha value is -6.59. The zero-order valence-corrected chi connectivity index (χ0v) is 25.7. The summed E-state index contributed by atoms with van der Waals surface area (Å²) in [5, 5.41) is 5.79. The van der Waals surface area contributed by atoms with Crippen molar-refractivity contribution in [1.29, 1.82) is 0 Å². The highest BCUT2D eigenvalue weighted by atomic mass is 16.3. The van der Waals surface area contributed by atoms with E-state index in [1.165, 1.54) is 10.8 Å². The first-order chi connectivity index (χ1) is 23.8. The number of para-hydroxylation sites is 3. The van der Waals surface area contributed by atoms with Crippen molar-refractivity contribution >= 4 is 49.3 Å².